The number of carbonyl (C=O) groups is 1. The summed E-state index contributed by atoms with van der Waals surface area (Å²) in [6.45, 7) is 11.2. The summed E-state index contributed by atoms with van der Waals surface area (Å²) < 4.78 is 7.50. The molecule has 6 heteroatoms. The van der Waals surface area contributed by atoms with Crippen molar-refractivity contribution in [2.45, 2.75) is 46.6 Å². The molecule has 6 nitrogen and oxygen atoms in total. The largest absolute Gasteiger partial charge is 0.381 e. The standard InChI is InChI=1S/C18H30N4O2/c1-14(12-22-16(3)10-15(2)20-22)11-19-17(23)21-7-4-18(13-21)5-8-24-9-6-18/h10,14H,4-9,11-13H2,1-3H3,(H,19,23)/t14-/m0/s1. The zero-order chi connectivity index (χ0) is 17.2. The number of amides is 2. The molecule has 2 aliphatic heterocycles. The summed E-state index contributed by atoms with van der Waals surface area (Å²) in [5.74, 6) is 0.353. The van der Waals surface area contributed by atoms with E-state index < -0.39 is 0 Å². The van der Waals surface area contributed by atoms with Crippen LogP contribution in [0.3, 0.4) is 0 Å². The molecular weight excluding hydrogens is 304 g/mol. The number of ether oxygens (including phenoxy) is 1. The molecule has 0 saturated carbocycles. The first-order valence-corrected chi connectivity index (χ1v) is 9.09. The lowest BCUT2D eigenvalue weighted by molar-refractivity contribution is 0.0208. The fourth-order valence-corrected chi connectivity index (χ4v) is 3.91. The molecule has 3 rings (SSSR count). The van der Waals surface area contributed by atoms with Gasteiger partial charge < -0.3 is 15.0 Å². The van der Waals surface area contributed by atoms with Crippen molar-refractivity contribution in [2.24, 2.45) is 11.3 Å². The van der Waals surface area contributed by atoms with E-state index in [1.165, 1.54) is 5.69 Å². The molecule has 0 aliphatic carbocycles. The van der Waals surface area contributed by atoms with Crippen LogP contribution in [0.25, 0.3) is 0 Å². The Hall–Kier alpha value is -1.56. The second-order valence-corrected chi connectivity index (χ2v) is 7.68. The fourth-order valence-electron chi connectivity index (χ4n) is 3.91. The molecule has 24 heavy (non-hydrogen) atoms. The summed E-state index contributed by atoms with van der Waals surface area (Å²) in [6, 6.07) is 2.17. The van der Waals surface area contributed by atoms with E-state index in [1.807, 2.05) is 16.5 Å². The molecular formula is C18H30N4O2. The summed E-state index contributed by atoms with van der Waals surface area (Å²) in [5, 5.41) is 7.60. The monoisotopic (exact) mass is 334 g/mol. The number of aryl methyl sites for hydroxylation is 2. The lowest BCUT2D eigenvalue weighted by Crippen LogP contribution is -2.42. The van der Waals surface area contributed by atoms with Crippen LogP contribution in [0.15, 0.2) is 6.07 Å². The summed E-state index contributed by atoms with van der Waals surface area (Å²) in [4.78, 5) is 14.4. The first kappa shape index (κ1) is 17.3. The van der Waals surface area contributed by atoms with Crippen molar-refractivity contribution in [3.63, 3.8) is 0 Å². The molecule has 0 unspecified atom stereocenters. The van der Waals surface area contributed by atoms with E-state index in [2.05, 4.69) is 30.3 Å². The molecule has 1 aromatic heterocycles. The minimum absolute atomic E-state index is 0.0820. The van der Waals surface area contributed by atoms with Gasteiger partial charge in [0.05, 0.1) is 5.69 Å². The third-order valence-electron chi connectivity index (χ3n) is 5.47. The molecule has 2 fully saturated rings. The highest BCUT2D eigenvalue weighted by atomic mass is 16.5. The number of nitrogens with one attached hydrogen (secondary N) is 1. The zero-order valence-corrected chi connectivity index (χ0v) is 15.2. The average molecular weight is 334 g/mol. The van der Waals surface area contributed by atoms with Crippen LogP contribution in [0.2, 0.25) is 0 Å². The van der Waals surface area contributed by atoms with Gasteiger partial charge in [0.15, 0.2) is 0 Å². The van der Waals surface area contributed by atoms with Crippen molar-refractivity contribution in [1.29, 1.82) is 0 Å². The zero-order valence-electron chi connectivity index (χ0n) is 15.2. The Labute approximate surface area is 144 Å². The van der Waals surface area contributed by atoms with Crippen molar-refractivity contribution < 1.29 is 9.53 Å². The van der Waals surface area contributed by atoms with Gasteiger partial charge in [-0.3, -0.25) is 4.68 Å². The van der Waals surface area contributed by atoms with Gasteiger partial charge in [-0.15, -0.1) is 0 Å². The quantitative estimate of drug-likeness (QED) is 0.919. The SMILES string of the molecule is Cc1cc(C)n(C[C@@H](C)CNC(=O)N2CCC3(CCOCC3)C2)n1. The molecule has 2 amide bonds. The maximum atomic E-state index is 12.5. The van der Waals surface area contributed by atoms with E-state index in [4.69, 9.17) is 4.74 Å². The molecule has 1 spiro atoms. The average Bonchev–Trinajstić information content (AvgIpc) is 3.09. The van der Waals surface area contributed by atoms with Gasteiger partial charge in [0, 0.05) is 45.1 Å². The number of nitrogens with zero attached hydrogens (tertiary/aromatic N) is 3. The Morgan fingerprint density at radius 3 is 2.79 bits per heavy atom. The Balaban J connectivity index is 1.44. The molecule has 1 aromatic rings. The predicted octanol–water partition coefficient (Wildman–Crippen LogP) is 2.35. The van der Waals surface area contributed by atoms with Gasteiger partial charge in [0.25, 0.3) is 0 Å². The molecule has 0 bridgehead atoms. The van der Waals surface area contributed by atoms with Crippen molar-refractivity contribution in [3.05, 3.63) is 17.5 Å². The maximum absolute atomic E-state index is 12.5. The number of urea groups is 1. The molecule has 3 heterocycles. The minimum atomic E-state index is 0.0820. The number of aromatic nitrogens is 2. The van der Waals surface area contributed by atoms with Gasteiger partial charge in [0.1, 0.15) is 0 Å². The molecule has 134 valence electrons. The summed E-state index contributed by atoms with van der Waals surface area (Å²) >= 11 is 0. The van der Waals surface area contributed by atoms with Gasteiger partial charge in [-0.05, 0) is 50.5 Å². The Kier molecular flexibility index (Phi) is 5.13. The van der Waals surface area contributed by atoms with Crippen LogP contribution in [0.5, 0.6) is 0 Å². The predicted molar refractivity (Wildman–Crippen MR) is 92.9 cm³/mol. The molecule has 0 aromatic carbocycles. The van der Waals surface area contributed by atoms with Crippen LogP contribution < -0.4 is 5.32 Å². The van der Waals surface area contributed by atoms with E-state index in [0.29, 0.717) is 17.9 Å². The van der Waals surface area contributed by atoms with E-state index >= 15 is 0 Å². The number of hydrogen-bond acceptors (Lipinski definition) is 3. The molecule has 1 atom stereocenters. The smallest absolute Gasteiger partial charge is 0.317 e. The normalized spacial score (nSPS) is 21.2. The Bertz CT molecular complexity index is 578. The van der Waals surface area contributed by atoms with Gasteiger partial charge >= 0.3 is 6.03 Å². The summed E-state index contributed by atoms with van der Waals surface area (Å²) in [5.41, 5.74) is 2.53. The number of likely N-dealkylation sites (tertiary alicyclic amines) is 1. The first-order chi connectivity index (χ1) is 11.5. The Morgan fingerprint density at radius 1 is 1.38 bits per heavy atom. The van der Waals surface area contributed by atoms with Crippen molar-refractivity contribution in [3.8, 4) is 0 Å². The fraction of sp³-hybridized carbons (Fsp3) is 0.778. The first-order valence-electron chi connectivity index (χ1n) is 9.09. The van der Waals surface area contributed by atoms with Crippen molar-refractivity contribution in [2.75, 3.05) is 32.8 Å². The highest BCUT2D eigenvalue weighted by molar-refractivity contribution is 5.74. The Morgan fingerprint density at radius 2 is 2.12 bits per heavy atom. The van der Waals surface area contributed by atoms with Crippen LogP contribution in [0, 0.1) is 25.2 Å². The number of carbonyl (C=O) groups excluding carboxylic acids is 1. The second kappa shape index (κ2) is 7.13. The molecule has 1 N–H and O–H groups in total. The van der Waals surface area contributed by atoms with E-state index in [-0.39, 0.29) is 6.03 Å². The van der Waals surface area contributed by atoms with E-state index in [0.717, 1.165) is 57.8 Å². The lowest BCUT2D eigenvalue weighted by atomic mass is 9.80. The van der Waals surface area contributed by atoms with Crippen molar-refractivity contribution in [1.82, 2.24) is 20.0 Å². The van der Waals surface area contributed by atoms with Crippen LogP contribution in [-0.2, 0) is 11.3 Å². The van der Waals surface area contributed by atoms with Gasteiger partial charge in [-0.1, -0.05) is 6.92 Å². The van der Waals surface area contributed by atoms with E-state index in [1.54, 1.807) is 0 Å². The maximum Gasteiger partial charge on any atom is 0.317 e. The third kappa shape index (κ3) is 3.91. The highest BCUT2D eigenvalue weighted by Gasteiger charge is 2.40. The van der Waals surface area contributed by atoms with Crippen LogP contribution >= 0.6 is 0 Å². The third-order valence-corrected chi connectivity index (χ3v) is 5.47. The molecule has 0 radical (unpaired) electrons. The molecule has 2 saturated heterocycles. The number of hydrogen-bond donors (Lipinski definition) is 1. The van der Waals surface area contributed by atoms with Crippen LogP contribution in [0.1, 0.15) is 37.6 Å². The summed E-state index contributed by atoms with van der Waals surface area (Å²) in [6.07, 6.45) is 3.29. The van der Waals surface area contributed by atoms with Gasteiger partial charge in [-0.25, -0.2) is 4.79 Å². The number of rotatable bonds is 4. The lowest BCUT2D eigenvalue weighted by Gasteiger charge is -2.33. The topological polar surface area (TPSA) is 59.4 Å². The van der Waals surface area contributed by atoms with E-state index in [9.17, 15) is 4.79 Å². The van der Waals surface area contributed by atoms with Crippen molar-refractivity contribution >= 4 is 6.03 Å². The van der Waals surface area contributed by atoms with Crippen LogP contribution in [-0.4, -0.2) is 53.6 Å². The molecule has 2 aliphatic rings. The second-order valence-electron chi connectivity index (χ2n) is 7.68. The van der Waals surface area contributed by atoms with Gasteiger partial charge in [-0.2, -0.15) is 5.10 Å². The van der Waals surface area contributed by atoms with Gasteiger partial charge in [0.2, 0.25) is 0 Å². The highest BCUT2D eigenvalue weighted by Crippen LogP contribution is 2.39. The van der Waals surface area contributed by atoms with Crippen LogP contribution in [0.4, 0.5) is 4.79 Å². The summed E-state index contributed by atoms with van der Waals surface area (Å²) in [7, 11) is 0. The minimum Gasteiger partial charge on any atom is -0.381 e.